The number of amides is 1. The van der Waals surface area contributed by atoms with Crippen LogP contribution in [0.4, 0.5) is 5.69 Å². The highest BCUT2D eigenvalue weighted by Crippen LogP contribution is 2.31. The van der Waals surface area contributed by atoms with Crippen LogP contribution in [-0.2, 0) is 9.53 Å². The third kappa shape index (κ3) is 3.47. The van der Waals surface area contributed by atoms with Gasteiger partial charge >= 0.3 is 0 Å². The first kappa shape index (κ1) is 14.3. The van der Waals surface area contributed by atoms with E-state index in [-0.39, 0.29) is 5.91 Å². The zero-order chi connectivity index (χ0) is 13.7. The third-order valence-electron chi connectivity index (χ3n) is 3.55. The summed E-state index contributed by atoms with van der Waals surface area (Å²) in [6.45, 7) is 2.12. The molecular weight excluding hydrogens is 264 g/mol. The van der Waals surface area contributed by atoms with Gasteiger partial charge in [0.25, 0.3) is 0 Å². The molecule has 104 valence electrons. The minimum Gasteiger partial charge on any atom is -0.384 e. The van der Waals surface area contributed by atoms with Crippen LogP contribution in [0.2, 0.25) is 5.02 Å². The molecule has 19 heavy (non-hydrogen) atoms. The smallest absolute Gasteiger partial charge is 0.233 e. The standard InChI is InChI=1S/C14H19ClN2O2/c1-19-10-14(5-7-16-8-6-14)13(18)17-12-4-2-3-11(15)9-12/h2-4,9,16H,5-8,10H2,1H3,(H,17,18). The molecule has 0 radical (unpaired) electrons. The van der Waals surface area contributed by atoms with Crippen LogP contribution in [-0.4, -0.2) is 32.7 Å². The Morgan fingerprint density at radius 3 is 2.84 bits per heavy atom. The first-order valence-corrected chi connectivity index (χ1v) is 6.81. The number of nitrogens with one attached hydrogen (secondary N) is 2. The molecule has 0 atom stereocenters. The van der Waals surface area contributed by atoms with Crippen molar-refractivity contribution in [3.8, 4) is 0 Å². The van der Waals surface area contributed by atoms with Crippen molar-refractivity contribution >= 4 is 23.2 Å². The number of benzene rings is 1. The zero-order valence-corrected chi connectivity index (χ0v) is 11.8. The van der Waals surface area contributed by atoms with Crippen LogP contribution < -0.4 is 10.6 Å². The lowest BCUT2D eigenvalue weighted by Gasteiger charge is -2.35. The van der Waals surface area contributed by atoms with Crippen molar-refractivity contribution in [3.05, 3.63) is 29.3 Å². The van der Waals surface area contributed by atoms with Gasteiger partial charge in [-0.3, -0.25) is 4.79 Å². The average molecular weight is 283 g/mol. The molecule has 4 nitrogen and oxygen atoms in total. The molecule has 0 aliphatic carbocycles. The predicted molar refractivity (Wildman–Crippen MR) is 76.5 cm³/mol. The highest BCUT2D eigenvalue weighted by Gasteiger charge is 2.39. The second kappa shape index (κ2) is 6.37. The van der Waals surface area contributed by atoms with Crippen molar-refractivity contribution in [1.82, 2.24) is 5.32 Å². The quantitative estimate of drug-likeness (QED) is 0.891. The van der Waals surface area contributed by atoms with Gasteiger partial charge in [0.15, 0.2) is 0 Å². The monoisotopic (exact) mass is 282 g/mol. The molecule has 0 spiro atoms. The molecule has 0 saturated carbocycles. The molecule has 2 N–H and O–H groups in total. The minimum absolute atomic E-state index is 0.0121. The largest absolute Gasteiger partial charge is 0.384 e. The fourth-order valence-corrected chi connectivity index (χ4v) is 2.64. The molecule has 1 fully saturated rings. The minimum atomic E-state index is -0.442. The molecule has 1 amide bonds. The van der Waals surface area contributed by atoms with Crippen molar-refractivity contribution in [2.75, 3.05) is 32.1 Å². The molecule has 1 aliphatic heterocycles. The number of hydrogen-bond donors (Lipinski definition) is 2. The van der Waals surface area contributed by atoms with E-state index >= 15 is 0 Å². The van der Waals surface area contributed by atoms with Crippen molar-refractivity contribution in [3.63, 3.8) is 0 Å². The van der Waals surface area contributed by atoms with Crippen LogP contribution in [0.1, 0.15) is 12.8 Å². The highest BCUT2D eigenvalue weighted by atomic mass is 35.5. The van der Waals surface area contributed by atoms with Gasteiger partial charge < -0.3 is 15.4 Å². The van der Waals surface area contributed by atoms with Crippen molar-refractivity contribution in [2.24, 2.45) is 5.41 Å². The van der Waals surface area contributed by atoms with E-state index in [0.717, 1.165) is 31.6 Å². The number of hydrogen-bond acceptors (Lipinski definition) is 3. The van der Waals surface area contributed by atoms with E-state index in [1.807, 2.05) is 12.1 Å². The van der Waals surface area contributed by atoms with Gasteiger partial charge in [-0.2, -0.15) is 0 Å². The van der Waals surface area contributed by atoms with Gasteiger partial charge in [0.2, 0.25) is 5.91 Å². The summed E-state index contributed by atoms with van der Waals surface area (Å²) in [6, 6.07) is 7.20. The Hall–Kier alpha value is -1.10. The lowest BCUT2D eigenvalue weighted by atomic mass is 9.78. The maximum absolute atomic E-state index is 12.5. The van der Waals surface area contributed by atoms with Gasteiger partial charge in [-0.05, 0) is 44.1 Å². The van der Waals surface area contributed by atoms with E-state index in [4.69, 9.17) is 16.3 Å². The lowest BCUT2D eigenvalue weighted by molar-refractivity contribution is -0.130. The van der Waals surface area contributed by atoms with Crippen LogP contribution in [0.15, 0.2) is 24.3 Å². The Balaban J connectivity index is 2.11. The second-order valence-corrected chi connectivity index (χ2v) is 5.36. The van der Waals surface area contributed by atoms with Crippen LogP contribution in [0.3, 0.4) is 0 Å². The Morgan fingerprint density at radius 1 is 1.47 bits per heavy atom. The summed E-state index contributed by atoms with van der Waals surface area (Å²) in [5.74, 6) is 0.0121. The van der Waals surface area contributed by atoms with E-state index in [1.165, 1.54) is 0 Å². The molecule has 0 aromatic heterocycles. The van der Waals surface area contributed by atoms with Crippen LogP contribution in [0.5, 0.6) is 0 Å². The Kier molecular flexibility index (Phi) is 4.80. The first-order chi connectivity index (χ1) is 9.16. The highest BCUT2D eigenvalue weighted by molar-refractivity contribution is 6.30. The lowest BCUT2D eigenvalue weighted by Crippen LogP contribution is -2.47. The first-order valence-electron chi connectivity index (χ1n) is 6.43. The molecule has 2 rings (SSSR count). The number of carbonyl (C=O) groups is 1. The van der Waals surface area contributed by atoms with Crippen molar-refractivity contribution in [2.45, 2.75) is 12.8 Å². The maximum Gasteiger partial charge on any atom is 0.233 e. The topological polar surface area (TPSA) is 50.4 Å². The summed E-state index contributed by atoms with van der Waals surface area (Å²) >= 11 is 5.92. The number of methoxy groups -OCH3 is 1. The summed E-state index contributed by atoms with van der Waals surface area (Å²) in [5, 5.41) is 6.83. The van der Waals surface area contributed by atoms with Gasteiger partial charge in [0.1, 0.15) is 0 Å². The number of piperidine rings is 1. The van der Waals surface area contributed by atoms with E-state index in [9.17, 15) is 4.79 Å². The molecule has 1 aromatic rings. The second-order valence-electron chi connectivity index (χ2n) is 4.93. The fourth-order valence-electron chi connectivity index (χ4n) is 2.45. The van der Waals surface area contributed by atoms with Gasteiger partial charge in [0, 0.05) is 17.8 Å². The normalized spacial score (nSPS) is 18.0. The van der Waals surface area contributed by atoms with E-state index in [2.05, 4.69) is 10.6 Å². The van der Waals surface area contributed by atoms with Gasteiger partial charge in [-0.1, -0.05) is 17.7 Å². The molecule has 0 unspecified atom stereocenters. The number of ether oxygens (including phenoxy) is 1. The SMILES string of the molecule is COCC1(C(=O)Nc2cccc(Cl)c2)CCNCC1. The molecule has 1 aromatic carbocycles. The Labute approximate surface area is 118 Å². The molecule has 0 bridgehead atoms. The van der Waals surface area contributed by atoms with Crippen LogP contribution in [0, 0.1) is 5.41 Å². The summed E-state index contributed by atoms with van der Waals surface area (Å²) in [5.41, 5.74) is 0.286. The maximum atomic E-state index is 12.5. The number of carbonyl (C=O) groups excluding carboxylic acids is 1. The molecule has 5 heteroatoms. The summed E-state index contributed by atoms with van der Waals surface area (Å²) < 4.78 is 5.25. The summed E-state index contributed by atoms with van der Waals surface area (Å²) in [4.78, 5) is 12.5. The van der Waals surface area contributed by atoms with Crippen LogP contribution >= 0.6 is 11.6 Å². The molecule has 1 saturated heterocycles. The number of anilines is 1. The third-order valence-corrected chi connectivity index (χ3v) is 3.78. The van der Waals surface area contributed by atoms with E-state index in [1.54, 1.807) is 19.2 Å². The average Bonchev–Trinajstić information content (AvgIpc) is 2.40. The Bertz CT molecular complexity index is 439. The van der Waals surface area contributed by atoms with Gasteiger partial charge in [-0.15, -0.1) is 0 Å². The van der Waals surface area contributed by atoms with Crippen LogP contribution in [0.25, 0.3) is 0 Å². The number of halogens is 1. The Morgan fingerprint density at radius 2 is 2.21 bits per heavy atom. The van der Waals surface area contributed by atoms with E-state index in [0.29, 0.717) is 11.6 Å². The molecule has 1 heterocycles. The zero-order valence-electron chi connectivity index (χ0n) is 11.0. The van der Waals surface area contributed by atoms with Gasteiger partial charge in [-0.25, -0.2) is 0 Å². The number of rotatable bonds is 4. The summed E-state index contributed by atoms with van der Waals surface area (Å²) in [7, 11) is 1.64. The summed E-state index contributed by atoms with van der Waals surface area (Å²) in [6.07, 6.45) is 1.57. The molecule has 1 aliphatic rings. The predicted octanol–water partition coefficient (Wildman–Crippen LogP) is 2.29. The van der Waals surface area contributed by atoms with Gasteiger partial charge in [0.05, 0.1) is 12.0 Å². The van der Waals surface area contributed by atoms with E-state index < -0.39 is 5.41 Å². The molecular formula is C14H19ClN2O2. The fraction of sp³-hybridized carbons (Fsp3) is 0.500. The van der Waals surface area contributed by atoms with Crippen molar-refractivity contribution in [1.29, 1.82) is 0 Å². The van der Waals surface area contributed by atoms with Crippen molar-refractivity contribution < 1.29 is 9.53 Å².